The van der Waals surface area contributed by atoms with Crippen molar-refractivity contribution >= 4 is 28.6 Å². The molecule has 1 aromatic carbocycles. The number of nitrogens with two attached hydrogens (primary N) is 1. The van der Waals surface area contributed by atoms with E-state index in [0.29, 0.717) is 31.9 Å². The summed E-state index contributed by atoms with van der Waals surface area (Å²) in [7, 11) is 0. The average Bonchev–Trinajstić information content (AvgIpc) is 3.48. The molecule has 2 aromatic heterocycles. The van der Waals surface area contributed by atoms with E-state index in [1.54, 1.807) is 6.92 Å². The van der Waals surface area contributed by atoms with Crippen molar-refractivity contribution in [3.63, 3.8) is 0 Å². The number of anilines is 2. The van der Waals surface area contributed by atoms with Crippen molar-refractivity contribution in [1.82, 2.24) is 24.8 Å². The summed E-state index contributed by atoms with van der Waals surface area (Å²) in [6.45, 7) is 9.98. The van der Waals surface area contributed by atoms with Crippen LogP contribution >= 0.6 is 0 Å². The topological polar surface area (TPSA) is 131 Å². The predicted molar refractivity (Wildman–Crippen MR) is 145 cm³/mol. The third-order valence-electron chi connectivity index (χ3n) is 6.82. The Morgan fingerprint density at radius 2 is 2.00 bits per heavy atom. The van der Waals surface area contributed by atoms with Gasteiger partial charge in [0.05, 0.1) is 11.5 Å². The van der Waals surface area contributed by atoms with Crippen LogP contribution < -0.4 is 16.4 Å². The van der Waals surface area contributed by atoms with Gasteiger partial charge in [0.2, 0.25) is 0 Å². The maximum atomic E-state index is 12.3. The number of nitrogens with one attached hydrogen (secondary N) is 2. The summed E-state index contributed by atoms with van der Waals surface area (Å²) in [4.78, 5) is 22.7. The number of nitrogens with zero attached hydrogens (tertiary/aromatic N) is 4. The molecule has 3 unspecified atom stereocenters. The summed E-state index contributed by atoms with van der Waals surface area (Å²) in [6, 6.07) is 9.58. The van der Waals surface area contributed by atoms with E-state index in [2.05, 4.69) is 41.4 Å². The second kappa shape index (κ2) is 11.5. The molecule has 200 valence electrons. The van der Waals surface area contributed by atoms with Crippen LogP contribution in [0.4, 0.5) is 16.3 Å². The molecule has 37 heavy (non-hydrogen) atoms. The van der Waals surface area contributed by atoms with Crippen LogP contribution in [0.15, 0.2) is 42.9 Å². The average molecular weight is 510 g/mol. The fourth-order valence-corrected chi connectivity index (χ4v) is 4.65. The van der Waals surface area contributed by atoms with Crippen molar-refractivity contribution in [3.05, 3.63) is 48.4 Å². The third kappa shape index (κ3) is 6.76. The number of carbonyl (C=O) groups is 1. The van der Waals surface area contributed by atoms with E-state index in [-0.39, 0.29) is 23.8 Å². The quantitative estimate of drug-likeness (QED) is 0.255. The SMILES string of the molecule is CC(O)N(CCCNC(=O)Nc1ccc(C(C)(C)C)cc1)CC1CCC(n2ccc3c(N)ncnc32)O1. The Bertz CT molecular complexity index is 1190. The van der Waals surface area contributed by atoms with Crippen molar-refractivity contribution in [2.24, 2.45) is 0 Å². The van der Waals surface area contributed by atoms with Gasteiger partial charge in [-0.05, 0) is 55.4 Å². The molecule has 4 rings (SSSR count). The molecule has 0 bridgehead atoms. The van der Waals surface area contributed by atoms with Gasteiger partial charge in [0, 0.05) is 31.5 Å². The fourth-order valence-electron chi connectivity index (χ4n) is 4.65. The predicted octanol–water partition coefficient (Wildman–Crippen LogP) is 3.84. The standard InChI is InChI=1S/C27H39N7O3/c1-18(35)33(14-5-13-29-26(36)32-20-8-6-19(7-9-20)27(2,3)4)16-21-10-11-23(37-21)34-15-12-22-24(28)30-17-31-25(22)34/h6-9,12,15,17-18,21,23,35H,5,10-11,13-14,16H2,1-4H3,(H2,28,30,31)(H2,29,32,36). The smallest absolute Gasteiger partial charge is 0.319 e. The van der Waals surface area contributed by atoms with E-state index >= 15 is 0 Å². The molecule has 10 nitrogen and oxygen atoms in total. The Hall–Kier alpha value is -3.21. The van der Waals surface area contributed by atoms with Crippen molar-refractivity contribution in [3.8, 4) is 0 Å². The number of aliphatic hydroxyl groups excluding tert-OH is 1. The number of ether oxygens (including phenoxy) is 1. The molecule has 1 aliphatic heterocycles. The zero-order chi connectivity index (χ0) is 26.6. The van der Waals surface area contributed by atoms with Crippen LogP contribution in [0, 0.1) is 0 Å². The highest BCUT2D eigenvalue weighted by Crippen LogP contribution is 2.32. The van der Waals surface area contributed by atoms with E-state index in [1.807, 2.05) is 46.0 Å². The molecule has 0 aliphatic carbocycles. The molecule has 3 aromatic rings. The van der Waals surface area contributed by atoms with Crippen LogP contribution in [0.25, 0.3) is 11.0 Å². The number of rotatable bonds is 9. The van der Waals surface area contributed by atoms with E-state index < -0.39 is 6.23 Å². The van der Waals surface area contributed by atoms with Crippen LogP contribution in [0.2, 0.25) is 0 Å². The largest absolute Gasteiger partial charge is 0.383 e. The molecule has 0 spiro atoms. The van der Waals surface area contributed by atoms with E-state index in [9.17, 15) is 9.90 Å². The third-order valence-corrected chi connectivity index (χ3v) is 6.82. The minimum Gasteiger partial charge on any atom is -0.383 e. The maximum Gasteiger partial charge on any atom is 0.319 e. The highest BCUT2D eigenvalue weighted by molar-refractivity contribution is 5.89. The highest BCUT2D eigenvalue weighted by Gasteiger charge is 2.30. The van der Waals surface area contributed by atoms with Gasteiger partial charge in [-0.25, -0.2) is 14.8 Å². The summed E-state index contributed by atoms with van der Waals surface area (Å²) in [6.07, 6.45) is 5.08. The van der Waals surface area contributed by atoms with E-state index in [0.717, 1.165) is 29.6 Å². The van der Waals surface area contributed by atoms with Crippen molar-refractivity contribution < 1.29 is 14.6 Å². The number of benzene rings is 1. The maximum absolute atomic E-state index is 12.3. The lowest BCUT2D eigenvalue weighted by atomic mass is 9.87. The number of aliphatic hydroxyl groups is 1. The minimum atomic E-state index is -0.613. The Morgan fingerprint density at radius 1 is 1.24 bits per heavy atom. The summed E-state index contributed by atoms with van der Waals surface area (Å²) >= 11 is 0. The van der Waals surface area contributed by atoms with Gasteiger partial charge in [-0.1, -0.05) is 32.9 Å². The van der Waals surface area contributed by atoms with Crippen LogP contribution in [0.3, 0.4) is 0 Å². The zero-order valence-electron chi connectivity index (χ0n) is 22.1. The first-order valence-corrected chi connectivity index (χ1v) is 12.9. The second-order valence-electron chi connectivity index (χ2n) is 10.7. The van der Waals surface area contributed by atoms with Crippen molar-refractivity contribution in [2.45, 2.75) is 70.9 Å². The molecule has 0 saturated carbocycles. The lowest BCUT2D eigenvalue weighted by Crippen LogP contribution is -2.41. The van der Waals surface area contributed by atoms with E-state index in [4.69, 9.17) is 10.5 Å². The first kappa shape index (κ1) is 26.8. The molecule has 0 radical (unpaired) electrons. The lowest BCUT2D eigenvalue weighted by molar-refractivity contribution is -0.0483. The molecule has 1 aliphatic rings. The number of fused-ring (bicyclic) bond motifs is 1. The molecule has 3 heterocycles. The molecule has 1 saturated heterocycles. The number of carbonyl (C=O) groups excluding carboxylic acids is 1. The second-order valence-corrected chi connectivity index (χ2v) is 10.7. The molecule has 10 heteroatoms. The number of urea groups is 1. The summed E-state index contributed by atoms with van der Waals surface area (Å²) in [5, 5.41) is 16.9. The van der Waals surface area contributed by atoms with Gasteiger partial charge >= 0.3 is 6.03 Å². The fraction of sp³-hybridized carbons (Fsp3) is 0.519. The summed E-state index contributed by atoms with van der Waals surface area (Å²) in [5.74, 6) is 0.458. The van der Waals surface area contributed by atoms with Gasteiger partial charge < -0.3 is 30.8 Å². The Morgan fingerprint density at radius 3 is 2.70 bits per heavy atom. The van der Waals surface area contributed by atoms with Gasteiger partial charge in [0.1, 0.15) is 30.2 Å². The zero-order valence-corrected chi connectivity index (χ0v) is 22.1. The monoisotopic (exact) mass is 509 g/mol. The number of amides is 2. The van der Waals surface area contributed by atoms with Crippen molar-refractivity contribution in [1.29, 1.82) is 0 Å². The number of hydrogen-bond acceptors (Lipinski definition) is 7. The minimum absolute atomic E-state index is 0.0106. The molecular formula is C27H39N7O3. The van der Waals surface area contributed by atoms with Crippen molar-refractivity contribution in [2.75, 3.05) is 30.7 Å². The van der Waals surface area contributed by atoms with Crippen LogP contribution in [-0.2, 0) is 10.2 Å². The Labute approximate surface area is 218 Å². The molecule has 1 fully saturated rings. The van der Waals surface area contributed by atoms with Gasteiger partial charge in [-0.3, -0.25) is 4.90 Å². The normalized spacial score (nSPS) is 18.9. The number of hydrogen-bond donors (Lipinski definition) is 4. The summed E-state index contributed by atoms with van der Waals surface area (Å²) in [5.41, 5.74) is 8.77. The van der Waals surface area contributed by atoms with Gasteiger partial charge in [-0.15, -0.1) is 0 Å². The molecule has 3 atom stereocenters. The van der Waals surface area contributed by atoms with Crippen LogP contribution in [0.1, 0.15) is 58.7 Å². The molecule has 5 N–H and O–H groups in total. The van der Waals surface area contributed by atoms with E-state index in [1.165, 1.54) is 11.9 Å². The number of nitrogen functional groups attached to an aromatic ring is 1. The lowest BCUT2D eigenvalue weighted by Gasteiger charge is -2.28. The first-order chi connectivity index (χ1) is 17.6. The van der Waals surface area contributed by atoms with Gasteiger partial charge in [0.25, 0.3) is 0 Å². The van der Waals surface area contributed by atoms with Gasteiger partial charge in [-0.2, -0.15) is 0 Å². The first-order valence-electron chi connectivity index (χ1n) is 12.9. The molecular weight excluding hydrogens is 470 g/mol. The van der Waals surface area contributed by atoms with Crippen LogP contribution in [-0.4, -0.2) is 62.5 Å². The highest BCUT2D eigenvalue weighted by atomic mass is 16.5. The Kier molecular flexibility index (Phi) is 8.31. The number of aromatic nitrogens is 3. The van der Waals surface area contributed by atoms with Crippen LogP contribution in [0.5, 0.6) is 0 Å². The van der Waals surface area contributed by atoms with Gasteiger partial charge in [0.15, 0.2) is 0 Å². The summed E-state index contributed by atoms with van der Waals surface area (Å²) < 4.78 is 8.30. The Balaban J connectivity index is 1.21. The molecule has 2 amide bonds.